The number of hydrogen-bond acceptors (Lipinski definition) is 6. The van der Waals surface area contributed by atoms with Gasteiger partial charge in [0, 0.05) is 25.0 Å². The summed E-state index contributed by atoms with van der Waals surface area (Å²) in [5.41, 5.74) is 1.41. The second-order valence-electron chi connectivity index (χ2n) is 6.56. The number of nitrogens with one attached hydrogen (secondary N) is 1. The molecule has 3 rings (SSSR count). The number of hydrogen-bond donors (Lipinski definition) is 3. The molecule has 1 amide bonds. The van der Waals surface area contributed by atoms with Crippen LogP contribution in [0.3, 0.4) is 0 Å². The van der Waals surface area contributed by atoms with E-state index in [0.29, 0.717) is 25.1 Å². The number of aliphatic hydroxyl groups is 1. The van der Waals surface area contributed by atoms with E-state index in [2.05, 4.69) is 10.7 Å². The van der Waals surface area contributed by atoms with Crippen LogP contribution < -0.4 is 5.32 Å². The van der Waals surface area contributed by atoms with Crippen molar-refractivity contribution >= 4 is 22.9 Å². The summed E-state index contributed by atoms with van der Waals surface area (Å²) in [7, 11) is 0. The molecule has 0 radical (unpaired) electrons. The van der Waals surface area contributed by atoms with E-state index < -0.39 is 12.2 Å². The van der Waals surface area contributed by atoms with Crippen molar-refractivity contribution in [3.8, 4) is 5.75 Å². The topological polar surface area (TPSA) is 88.0 Å². The van der Waals surface area contributed by atoms with E-state index >= 15 is 0 Å². The summed E-state index contributed by atoms with van der Waals surface area (Å²) in [5.74, 6) is -0.356. The minimum absolute atomic E-state index is 0.0103. The zero-order chi connectivity index (χ0) is 19.9. The number of phenolic OH excluding ortho intramolecular Hbond substituents is 1. The highest BCUT2D eigenvalue weighted by molar-refractivity contribution is 7.08. The molecule has 1 aliphatic rings. The highest BCUT2D eigenvalue weighted by Gasteiger charge is 2.38. The molecule has 3 N–H and O–H groups in total. The van der Waals surface area contributed by atoms with Gasteiger partial charge >= 0.3 is 0 Å². The molecule has 1 aliphatic heterocycles. The van der Waals surface area contributed by atoms with Gasteiger partial charge in [0.05, 0.1) is 5.69 Å². The zero-order valence-electron chi connectivity index (χ0n) is 15.7. The average Bonchev–Trinajstić information content (AvgIpc) is 3.23. The number of anilines is 1. The van der Waals surface area contributed by atoms with Gasteiger partial charge in [-0.25, -0.2) is 0 Å². The van der Waals surface area contributed by atoms with Crippen LogP contribution in [0, 0.1) is 5.92 Å². The Hall–Kier alpha value is -2.35. The lowest BCUT2D eigenvalue weighted by atomic mass is 9.81. The second kappa shape index (κ2) is 9.73. The van der Waals surface area contributed by atoms with E-state index in [4.69, 9.17) is 9.47 Å². The first kappa shape index (κ1) is 20.4. The van der Waals surface area contributed by atoms with Gasteiger partial charge < -0.3 is 25.0 Å². The van der Waals surface area contributed by atoms with E-state index in [-0.39, 0.29) is 30.0 Å². The van der Waals surface area contributed by atoms with E-state index in [1.807, 2.05) is 24.4 Å². The molecule has 0 spiro atoms. The van der Waals surface area contributed by atoms with E-state index in [0.717, 1.165) is 5.56 Å². The lowest BCUT2D eigenvalue weighted by Gasteiger charge is -2.36. The first-order valence-corrected chi connectivity index (χ1v) is 10.3. The maximum Gasteiger partial charge on any atom is 0.290 e. The first-order chi connectivity index (χ1) is 13.6. The number of aromatic hydroxyl groups is 1. The molecule has 0 unspecified atom stereocenters. The molecule has 1 aromatic carbocycles. The Bertz CT molecular complexity index is 805. The number of ether oxygens (including phenoxy) is 2. The van der Waals surface area contributed by atoms with Crippen molar-refractivity contribution in [1.82, 2.24) is 0 Å². The maximum atomic E-state index is 12.8. The Balaban J connectivity index is 1.89. The number of carbonyl (C=O) groups is 1. The number of allylic oxidation sites excluding steroid dienone is 1. The lowest BCUT2D eigenvalue weighted by Crippen LogP contribution is -2.37. The normalized spacial score (nSPS) is 21.6. The number of para-hydroxylation sites is 2. The third kappa shape index (κ3) is 4.73. The van der Waals surface area contributed by atoms with Crippen molar-refractivity contribution in [2.75, 3.05) is 18.5 Å². The number of benzene rings is 1. The number of phenols is 1. The smallest absolute Gasteiger partial charge is 0.290 e. The maximum absolute atomic E-state index is 12.8. The van der Waals surface area contributed by atoms with E-state index in [9.17, 15) is 15.0 Å². The van der Waals surface area contributed by atoms with Crippen LogP contribution in [0.4, 0.5) is 5.69 Å². The highest BCUT2D eigenvalue weighted by Crippen LogP contribution is 2.40. The third-order valence-electron chi connectivity index (χ3n) is 4.72. The van der Waals surface area contributed by atoms with Crippen molar-refractivity contribution in [2.45, 2.75) is 32.0 Å². The number of aliphatic hydroxyl groups excluding tert-OH is 1. The summed E-state index contributed by atoms with van der Waals surface area (Å²) in [6.45, 7) is 2.42. The minimum atomic E-state index is -0.587. The van der Waals surface area contributed by atoms with Gasteiger partial charge in [0.1, 0.15) is 5.75 Å². The molecule has 0 saturated carbocycles. The highest BCUT2D eigenvalue weighted by atomic mass is 32.1. The van der Waals surface area contributed by atoms with Crippen molar-refractivity contribution < 1.29 is 24.5 Å². The van der Waals surface area contributed by atoms with Crippen LogP contribution in [0.5, 0.6) is 5.75 Å². The minimum Gasteiger partial charge on any atom is -0.506 e. The molecule has 0 aliphatic carbocycles. The van der Waals surface area contributed by atoms with Gasteiger partial charge in [0.15, 0.2) is 5.76 Å². The molecule has 0 bridgehead atoms. The summed E-state index contributed by atoms with van der Waals surface area (Å²) in [4.78, 5) is 12.8. The second-order valence-corrected chi connectivity index (χ2v) is 7.34. The molecule has 0 saturated heterocycles. The van der Waals surface area contributed by atoms with Crippen LogP contribution in [0.2, 0.25) is 0 Å². The molecule has 0 fully saturated rings. The Morgan fingerprint density at radius 2 is 2.14 bits per heavy atom. The fourth-order valence-electron chi connectivity index (χ4n) is 3.37. The van der Waals surface area contributed by atoms with Gasteiger partial charge in [-0.2, -0.15) is 11.3 Å². The lowest BCUT2D eigenvalue weighted by molar-refractivity contribution is -0.164. The molecule has 1 aromatic heterocycles. The molecule has 7 heteroatoms. The summed E-state index contributed by atoms with van der Waals surface area (Å²) in [6, 6.07) is 8.58. The Kier molecular flexibility index (Phi) is 7.08. The summed E-state index contributed by atoms with van der Waals surface area (Å²) in [5, 5.41) is 25.9. The number of thiophene rings is 1. The fourth-order valence-corrected chi connectivity index (χ4v) is 4.08. The monoisotopic (exact) mass is 403 g/mol. The van der Waals surface area contributed by atoms with Crippen LogP contribution in [-0.4, -0.2) is 35.6 Å². The Morgan fingerprint density at radius 3 is 2.82 bits per heavy atom. The van der Waals surface area contributed by atoms with Gasteiger partial charge in [-0.1, -0.05) is 12.1 Å². The molecule has 6 nitrogen and oxygen atoms in total. The van der Waals surface area contributed by atoms with Crippen LogP contribution in [-0.2, 0) is 14.3 Å². The Labute approximate surface area is 168 Å². The first-order valence-electron chi connectivity index (χ1n) is 9.36. The predicted octanol–water partition coefficient (Wildman–Crippen LogP) is 3.84. The third-order valence-corrected chi connectivity index (χ3v) is 5.42. The standard InChI is InChI=1S/C21H25NO5S/c1-2-26-21-15(6-5-10-23)16(14-9-11-28-13-14)12-19(27-21)20(25)22-17-7-3-4-8-18(17)24/h3-4,7-9,11-13,15-16,21,23-24H,2,5-6,10H2,1H3,(H,22,25)/t15-,16+,21+/m1/s1. The molecule has 3 atom stereocenters. The molecule has 150 valence electrons. The largest absolute Gasteiger partial charge is 0.506 e. The predicted molar refractivity (Wildman–Crippen MR) is 108 cm³/mol. The number of carbonyl (C=O) groups excluding carboxylic acids is 1. The number of rotatable bonds is 8. The van der Waals surface area contributed by atoms with Crippen LogP contribution in [0.1, 0.15) is 31.2 Å². The van der Waals surface area contributed by atoms with E-state index in [1.165, 1.54) is 6.07 Å². The van der Waals surface area contributed by atoms with Crippen LogP contribution >= 0.6 is 11.3 Å². The zero-order valence-corrected chi connectivity index (χ0v) is 16.5. The molecule has 28 heavy (non-hydrogen) atoms. The van der Waals surface area contributed by atoms with Gasteiger partial charge in [0.2, 0.25) is 6.29 Å². The van der Waals surface area contributed by atoms with Gasteiger partial charge in [-0.05, 0) is 60.4 Å². The average molecular weight is 404 g/mol. The van der Waals surface area contributed by atoms with Crippen molar-refractivity contribution in [1.29, 1.82) is 0 Å². The number of amides is 1. The fraction of sp³-hybridized carbons (Fsp3) is 0.381. The summed E-state index contributed by atoms with van der Waals surface area (Å²) >= 11 is 1.59. The van der Waals surface area contributed by atoms with Crippen LogP contribution in [0.15, 0.2) is 52.9 Å². The van der Waals surface area contributed by atoms with E-state index in [1.54, 1.807) is 29.5 Å². The Morgan fingerprint density at radius 1 is 1.32 bits per heavy atom. The molecular weight excluding hydrogens is 378 g/mol. The van der Waals surface area contributed by atoms with Crippen molar-refractivity contribution in [2.24, 2.45) is 5.92 Å². The van der Waals surface area contributed by atoms with Gasteiger partial charge in [-0.3, -0.25) is 4.79 Å². The molecule has 2 aromatic rings. The van der Waals surface area contributed by atoms with Crippen molar-refractivity contribution in [3.05, 3.63) is 58.5 Å². The molecular formula is C21H25NO5S. The molecule has 2 heterocycles. The summed E-state index contributed by atoms with van der Waals surface area (Å²) in [6.07, 6.45) is 2.57. The van der Waals surface area contributed by atoms with Crippen molar-refractivity contribution in [3.63, 3.8) is 0 Å². The SMILES string of the molecule is CCO[C@H]1OC(C(=O)Nc2ccccc2O)=C[C@@H](c2ccsc2)[C@H]1CCCO. The quantitative estimate of drug-likeness (QED) is 0.583. The van der Waals surface area contributed by atoms with Gasteiger partial charge in [-0.15, -0.1) is 0 Å². The summed E-state index contributed by atoms with van der Waals surface area (Å²) < 4.78 is 11.7. The van der Waals surface area contributed by atoms with Gasteiger partial charge in [0.25, 0.3) is 5.91 Å². The van der Waals surface area contributed by atoms with Crippen LogP contribution in [0.25, 0.3) is 0 Å².